The van der Waals surface area contributed by atoms with E-state index in [1.165, 1.54) is 5.56 Å². The van der Waals surface area contributed by atoms with Gasteiger partial charge in [0.1, 0.15) is 18.1 Å². The predicted octanol–water partition coefficient (Wildman–Crippen LogP) is 2.50. The molecule has 0 aromatic heterocycles. The second-order valence-corrected chi connectivity index (χ2v) is 5.83. The maximum absolute atomic E-state index is 12.3. The van der Waals surface area contributed by atoms with Crippen molar-refractivity contribution in [1.82, 2.24) is 10.9 Å². The van der Waals surface area contributed by atoms with Crippen LogP contribution in [0.1, 0.15) is 29.8 Å². The van der Waals surface area contributed by atoms with Gasteiger partial charge >= 0.3 is 0 Å². The summed E-state index contributed by atoms with van der Waals surface area (Å²) >= 11 is 0. The zero-order valence-electron chi connectivity index (χ0n) is 16.2. The molecule has 150 valence electrons. The molecule has 0 atom stereocenters. The summed E-state index contributed by atoms with van der Waals surface area (Å²) in [7, 11) is 0. The van der Waals surface area contributed by atoms with Gasteiger partial charge in [-0.15, -0.1) is 0 Å². The van der Waals surface area contributed by atoms with Crippen molar-refractivity contribution in [2.75, 3.05) is 26.4 Å². The molecule has 0 saturated carbocycles. The predicted molar refractivity (Wildman–Crippen MR) is 105 cm³/mol. The average molecular weight is 386 g/mol. The number of nitrogens with one attached hydrogen (secondary N) is 2. The second kappa shape index (κ2) is 11.6. The number of ether oxygens (including phenoxy) is 3. The first-order valence-corrected chi connectivity index (χ1v) is 9.24. The van der Waals surface area contributed by atoms with Crippen LogP contribution in [0, 0.1) is 0 Å². The summed E-state index contributed by atoms with van der Waals surface area (Å²) < 4.78 is 16.2. The molecule has 0 fully saturated rings. The number of carbonyl (C=O) groups is 2. The van der Waals surface area contributed by atoms with Gasteiger partial charge in [0.15, 0.2) is 6.61 Å². The van der Waals surface area contributed by atoms with Crippen molar-refractivity contribution >= 4 is 11.8 Å². The van der Waals surface area contributed by atoms with Gasteiger partial charge < -0.3 is 14.2 Å². The lowest BCUT2D eigenvalue weighted by Crippen LogP contribution is -2.43. The van der Waals surface area contributed by atoms with Gasteiger partial charge in [0.05, 0.1) is 12.2 Å². The third kappa shape index (κ3) is 6.92. The van der Waals surface area contributed by atoms with Crippen LogP contribution in [-0.2, 0) is 16.0 Å². The van der Waals surface area contributed by atoms with Gasteiger partial charge in [0.25, 0.3) is 11.8 Å². The lowest BCUT2D eigenvalue weighted by atomic mass is 10.2. The Bertz CT molecular complexity index is 762. The Balaban J connectivity index is 1.80. The van der Waals surface area contributed by atoms with Crippen LogP contribution >= 0.6 is 0 Å². The number of aryl methyl sites for hydroxylation is 1. The molecule has 2 N–H and O–H groups in total. The van der Waals surface area contributed by atoms with Crippen LogP contribution in [0.5, 0.6) is 11.5 Å². The summed E-state index contributed by atoms with van der Waals surface area (Å²) in [5, 5.41) is 0. The van der Waals surface area contributed by atoms with E-state index in [1.54, 1.807) is 36.4 Å². The molecule has 28 heavy (non-hydrogen) atoms. The van der Waals surface area contributed by atoms with Crippen molar-refractivity contribution in [3.63, 3.8) is 0 Å². The molecule has 0 radical (unpaired) electrons. The van der Waals surface area contributed by atoms with Crippen molar-refractivity contribution < 1.29 is 23.8 Å². The lowest BCUT2D eigenvalue weighted by Gasteiger charge is -2.12. The minimum atomic E-state index is -0.479. The summed E-state index contributed by atoms with van der Waals surface area (Å²) in [6, 6.07) is 14.3. The van der Waals surface area contributed by atoms with Gasteiger partial charge in [0, 0.05) is 6.61 Å². The highest BCUT2D eigenvalue weighted by Crippen LogP contribution is 2.17. The smallest absolute Gasteiger partial charge is 0.276 e. The van der Waals surface area contributed by atoms with Crippen molar-refractivity contribution in [3.8, 4) is 11.5 Å². The SMILES string of the molecule is CCOCCOc1ccccc1C(=O)NNC(=O)COc1ccc(CC)cc1. The fourth-order valence-electron chi connectivity index (χ4n) is 2.34. The first kappa shape index (κ1) is 21.2. The van der Waals surface area contributed by atoms with E-state index in [-0.39, 0.29) is 6.61 Å². The molecule has 0 aliphatic heterocycles. The molecule has 0 bridgehead atoms. The number of hydrazine groups is 1. The molecule has 0 aliphatic rings. The Morgan fingerprint density at radius 3 is 2.36 bits per heavy atom. The van der Waals surface area contributed by atoms with Gasteiger partial charge in [0.2, 0.25) is 0 Å². The Labute approximate surface area is 165 Å². The van der Waals surface area contributed by atoms with Gasteiger partial charge in [-0.25, -0.2) is 0 Å². The zero-order valence-corrected chi connectivity index (χ0v) is 16.2. The van der Waals surface area contributed by atoms with Crippen molar-refractivity contribution in [1.29, 1.82) is 0 Å². The van der Waals surface area contributed by atoms with Crippen LogP contribution in [0.15, 0.2) is 48.5 Å². The first-order valence-electron chi connectivity index (χ1n) is 9.24. The largest absolute Gasteiger partial charge is 0.490 e. The summed E-state index contributed by atoms with van der Waals surface area (Å²) in [4.78, 5) is 24.2. The van der Waals surface area contributed by atoms with Crippen LogP contribution in [0.25, 0.3) is 0 Å². The Morgan fingerprint density at radius 1 is 0.893 bits per heavy atom. The molecular formula is C21H26N2O5. The number of carbonyl (C=O) groups excluding carboxylic acids is 2. The van der Waals surface area contributed by atoms with Crippen molar-refractivity contribution in [2.24, 2.45) is 0 Å². The minimum absolute atomic E-state index is 0.210. The first-order chi connectivity index (χ1) is 13.6. The number of hydrogen-bond acceptors (Lipinski definition) is 5. The minimum Gasteiger partial charge on any atom is -0.490 e. The maximum Gasteiger partial charge on any atom is 0.276 e. The van der Waals surface area contributed by atoms with E-state index >= 15 is 0 Å². The maximum atomic E-state index is 12.3. The van der Waals surface area contributed by atoms with E-state index in [4.69, 9.17) is 14.2 Å². The fourth-order valence-corrected chi connectivity index (χ4v) is 2.34. The summed E-state index contributed by atoms with van der Waals surface area (Å²) in [5.74, 6) is 0.0586. The van der Waals surface area contributed by atoms with E-state index in [2.05, 4.69) is 17.8 Å². The highest BCUT2D eigenvalue weighted by molar-refractivity contribution is 5.97. The fraction of sp³-hybridized carbons (Fsp3) is 0.333. The molecular weight excluding hydrogens is 360 g/mol. The summed E-state index contributed by atoms with van der Waals surface area (Å²) in [5.41, 5.74) is 6.20. The van der Waals surface area contributed by atoms with Gasteiger partial charge in [-0.2, -0.15) is 0 Å². The van der Waals surface area contributed by atoms with E-state index in [9.17, 15) is 9.59 Å². The third-order valence-corrected chi connectivity index (χ3v) is 3.84. The average Bonchev–Trinajstić information content (AvgIpc) is 2.74. The Hall–Kier alpha value is -3.06. The molecule has 2 rings (SSSR count). The van der Waals surface area contributed by atoms with Crippen molar-refractivity contribution in [3.05, 3.63) is 59.7 Å². The highest BCUT2D eigenvalue weighted by Gasteiger charge is 2.13. The number of para-hydroxylation sites is 1. The van der Waals surface area contributed by atoms with Crippen LogP contribution in [0.2, 0.25) is 0 Å². The molecule has 2 aromatic carbocycles. The monoisotopic (exact) mass is 386 g/mol. The quantitative estimate of drug-likeness (QED) is 0.484. The van der Waals surface area contributed by atoms with E-state index in [0.717, 1.165) is 6.42 Å². The van der Waals surface area contributed by atoms with E-state index < -0.39 is 11.8 Å². The van der Waals surface area contributed by atoms with Crippen LogP contribution in [-0.4, -0.2) is 38.2 Å². The third-order valence-electron chi connectivity index (χ3n) is 3.84. The second-order valence-electron chi connectivity index (χ2n) is 5.83. The van der Waals surface area contributed by atoms with Gasteiger partial charge in [-0.3, -0.25) is 20.4 Å². The summed E-state index contributed by atoms with van der Waals surface area (Å²) in [6.45, 7) is 5.11. The topological polar surface area (TPSA) is 85.9 Å². The standard InChI is InChI=1S/C21H26N2O5/c1-3-16-9-11-17(12-10-16)28-15-20(24)22-23-21(25)18-7-5-6-8-19(18)27-14-13-26-4-2/h5-12H,3-4,13-15H2,1-2H3,(H,22,24)(H,23,25). The number of rotatable bonds is 10. The van der Waals surface area contributed by atoms with Crippen LogP contribution < -0.4 is 20.3 Å². The zero-order chi connectivity index (χ0) is 20.2. The van der Waals surface area contributed by atoms with Gasteiger partial charge in [-0.05, 0) is 43.2 Å². The molecule has 0 spiro atoms. The molecule has 7 heteroatoms. The van der Waals surface area contributed by atoms with Crippen molar-refractivity contribution in [2.45, 2.75) is 20.3 Å². The number of hydrogen-bond donors (Lipinski definition) is 2. The molecule has 0 unspecified atom stereocenters. The molecule has 2 amide bonds. The number of amides is 2. The molecule has 0 heterocycles. The Kier molecular flexibility index (Phi) is 8.81. The highest BCUT2D eigenvalue weighted by atomic mass is 16.5. The molecule has 0 saturated heterocycles. The molecule has 0 aliphatic carbocycles. The Morgan fingerprint density at radius 2 is 1.64 bits per heavy atom. The van der Waals surface area contributed by atoms with E-state index in [0.29, 0.717) is 36.9 Å². The normalized spacial score (nSPS) is 10.2. The van der Waals surface area contributed by atoms with E-state index in [1.807, 2.05) is 19.1 Å². The number of benzene rings is 2. The van der Waals surface area contributed by atoms with Gasteiger partial charge in [-0.1, -0.05) is 31.2 Å². The van der Waals surface area contributed by atoms with Crippen LogP contribution in [0.3, 0.4) is 0 Å². The summed E-state index contributed by atoms with van der Waals surface area (Å²) in [6.07, 6.45) is 0.934. The lowest BCUT2D eigenvalue weighted by molar-refractivity contribution is -0.123. The van der Waals surface area contributed by atoms with Crippen LogP contribution in [0.4, 0.5) is 0 Å². The molecule has 2 aromatic rings. The molecule has 7 nitrogen and oxygen atoms in total.